The lowest BCUT2D eigenvalue weighted by Gasteiger charge is -2.08. The average molecular weight is 363 g/mol. The first-order valence-electron chi connectivity index (χ1n) is 8.29. The first-order valence-corrected chi connectivity index (χ1v) is 8.29. The predicted octanol–water partition coefficient (Wildman–Crippen LogP) is 3.29. The molecule has 0 bridgehead atoms. The number of aryl methyl sites for hydroxylation is 2. The zero-order chi connectivity index (χ0) is 19.0. The number of fused-ring (bicyclic) bond motifs is 1. The van der Waals surface area contributed by atoms with Crippen molar-refractivity contribution >= 4 is 22.6 Å². The van der Waals surface area contributed by atoms with Gasteiger partial charge in [-0.05, 0) is 66.2 Å². The molecule has 0 saturated heterocycles. The van der Waals surface area contributed by atoms with Gasteiger partial charge in [0, 0.05) is 16.6 Å². The second-order valence-electron chi connectivity index (χ2n) is 6.13. The number of hydrogen-bond donors (Lipinski definition) is 1. The zero-order valence-corrected chi connectivity index (χ0v) is 15.1. The number of anilines is 1. The van der Waals surface area contributed by atoms with Gasteiger partial charge < -0.3 is 14.5 Å². The molecule has 2 aromatic heterocycles. The van der Waals surface area contributed by atoms with E-state index in [2.05, 4.69) is 20.8 Å². The number of nitrogens with zero attached hydrogens (tertiary/aromatic N) is 4. The van der Waals surface area contributed by atoms with Crippen molar-refractivity contribution in [2.45, 2.75) is 13.8 Å². The average Bonchev–Trinajstić information content (AvgIpc) is 3.30. The number of benzene rings is 2. The summed E-state index contributed by atoms with van der Waals surface area (Å²) in [7, 11) is 1.60. The molecule has 0 unspecified atom stereocenters. The molecule has 0 radical (unpaired) electrons. The minimum atomic E-state index is -0.308. The second-order valence-corrected chi connectivity index (χ2v) is 6.13. The summed E-state index contributed by atoms with van der Waals surface area (Å²) in [5, 5.41) is 14.9. The van der Waals surface area contributed by atoms with Crippen LogP contribution in [0, 0.1) is 13.8 Å². The molecule has 0 atom stereocenters. The summed E-state index contributed by atoms with van der Waals surface area (Å²) in [6.45, 7) is 3.78. The van der Waals surface area contributed by atoms with Gasteiger partial charge in [0.05, 0.1) is 12.8 Å². The van der Waals surface area contributed by atoms with Crippen LogP contribution in [0.2, 0.25) is 0 Å². The van der Waals surface area contributed by atoms with E-state index in [9.17, 15) is 4.79 Å². The fourth-order valence-electron chi connectivity index (χ4n) is 2.99. The maximum Gasteiger partial charge on any atom is 0.291 e. The third-order valence-electron chi connectivity index (χ3n) is 4.40. The third kappa shape index (κ3) is 3.01. The standard InChI is InChI=1S/C19H17N5O3/c1-11-8-13(4-6-16(11)24-10-20-22-23-24)21-19(25)18-12(2)15-9-14(26-3)5-7-17(15)27-18/h4-10H,1-3H3,(H,21,25). The molecule has 1 amide bonds. The fraction of sp³-hybridized carbons (Fsp3) is 0.158. The van der Waals surface area contributed by atoms with Crippen LogP contribution < -0.4 is 10.1 Å². The van der Waals surface area contributed by atoms with Crippen molar-refractivity contribution in [3.8, 4) is 11.4 Å². The number of aromatic nitrogens is 4. The topological polar surface area (TPSA) is 95.1 Å². The molecule has 0 fully saturated rings. The normalized spacial score (nSPS) is 10.9. The van der Waals surface area contributed by atoms with Crippen molar-refractivity contribution < 1.29 is 13.9 Å². The number of tetrazole rings is 1. The Morgan fingerprint density at radius 2 is 2.04 bits per heavy atom. The van der Waals surface area contributed by atoms with E-state index < -0.39 is 0 Å². The summed E-state index contributed by atoms with van der Waals surface area (Å²) in [4.78, 5) is 12.7. The Bertz CT molecular complexity index is 1130. The summed E-state index contributed by atoms with van der Waals surface area (Å²) in [5.74, 6) is 0.685. The number of carbonyl (C=O) groups is 1. The molecule has 4 rings (SSSR count). The van der Waals surface area contributed by atoms with Gasteiger partial charge >= 0.3 is 0 Å². The Balaban J connectivity index is 1.62. The Morgan fingerprint density at radius 3 is 2.74 bits per heavy atom. The summed E-state index contributed by atoms with van der Waals surface area (Å²) in [6.07, 6.45) is 1.52. The fourth-order valence-corrected chi connectivity index (χ4v) is 2.99. The number of furan rings is 1. The first-order chi connectivity index (χ1) is 13.1. The molecule has 2 aromatic carbocycles. The summed E-state index contributed by atoms with van der Waals surface area (Å²) >= 11 is 0. The van der Waals surface area contributed by atoms with Crippen molar-refractivity contribution in [1.82, 2.24) is 20.2 Å². The van der Waals surface area contributed by atoms with E-state index in [4.69, 9.17) is 9.15 Å². The number of rotatable bonds is 4. The Morgan fingerprint density at radius 1 is 1.19 bits per heavy atom. The van der Waals surface area contributed by atoms with Gasteiger partial charge in [0.1, 0.15) is 17.7 Å². The molecule has 136 valence electrons. The summed E-state index contributed by atoms with van der Waals surface area (Å²) < 4.78 is 12.6. The van der Waals surface area contributed by atoms with Crippen molar-refractivity contribution in [3.63, 3.8) is 0 Å². The maximum atomic E-state index is 12.7. The Kier molecular flexibility index (Phi) is 4.08. The van der Waals surface area contributed by atoms with Crippen LogP contribution in [0.25, 0.3) is 16.7 Å². The number of methoxy groups -OCH3 is 1. The molecule has 27 heavy (non-hydrogen) atoms. The third-order valence-corrected chi connectivity index (χ3v) is 4.40. The lowest BCUT2D eigenvalue weighted by molar-refractivity contribution is 0.0998. The zero-order valence-electron chi connectivity index (χ0n) is 15.1. The highest BCUT2D eigenvalue weighted by atomic mass is 16.5. The molecule has 0 aliphatic rings. The molecular weight excluding hydrogens is 346 g/mol. The highest BCUT2D eigenvalue weighted by Crippen LogP contribution is 2.29. The van der Waals surface area contributed by atoms with E-state index in [0.29, 0.717) is 17.0 Å². The van der Waals surface area contributed by atoms with E-state index in [0.717, 1.165) is 22.2 Å². The molecule has 0 aliphatic carbocycles. The minimum Gasteiger partial charge on any atom is -0.497 e. The Labute approximate surface area is 154 Å². The van der Waals surface area contributed by atoms with E-state index in [1.54, 1.807) is 30.0 Å². The van der Waals surface area contributed by atoms with Crippen LogP contribution >= 0.6 is 0 Å². The SMILES string of the molecule is COc1ccc2oc(C(=O)Nc3ccc(-n4cnnn4)c(C)c3)c(C)c2c1. The highest BCUT2D eigenvalue weighted by Gasteiger charge is 2.18. The minimum absolute atomic E-state index is 0.278. The molecule has 8 heteroatoms. The quantitative estimate of drug-likeness (QED) is 0.598. The van der Waals surface area contributed by atoms with E-state index >= 15 is 0 Å². The molecular formula is C19H17N5O3. The van der Waals surface area contributed by atoms with Gasteiger partial charge in [0.25, 0.3) is 5.91 Å². The van der Waals surface area contributed by atoms with Gasteiger partial charge in [-0.3, -0.25) is 4.79 Å². The number of ether oxygens (including phenoxy) is 1. The van der Waals surface area contributed by atoms with Crippen LogP contribution in [0.5, 0.6) is 5.75 Å². The predicted molar refractivity (Wildman–Crippen MR) is 99.3 cm³/mol. The number of hydrogen-bond acceptors (Lipinski definition) is 6. The smallest absolute Gasteiger partial charge is 0.291 e. The van der Waals surface area contributed by atoms with Crippen molar-refractivity contribution in [3.05, 3.63) is 59.6 Å². The maximum absolute atomic E-state index is 12.7. The van der Waals surface area contributed by atoms with Crippen LogP contribution in [0.3, 0.4) is 0 Å². The van der Waals surface area contributed by atoms with Crippen LogP contribution in [-0.2, 0) is 0 Å². The number of carbonyl (C=O) groups excluding carboxylic acids is 1. The van der Waals surface area contributed by atoms with Gasteiger partial charge in [-0.1, -0.05) is 0 Å². The lowest BCUT2D eigenvalue weighted by Crippen LogP contribution is -2.12. The molecule has 1 N–H and O–H groups in total. The van der Waals surface area contributed by atoms with Gasteiger partial charge in [0.15, 0.2) is 5.76 Å². The van der Waals surface area contributed by atoms with Crippen LogP contribution in [0.4, 0.5) is 5.69 Å². The van der Waals surface area contributed by atoms with Crippen LogP contribution in [0.15, 0.2) is 47.1 Å². The monoisotopic (exact) mass is 363 g/mol. The van der Waals surface area contributed by atoms with E-state index in [1.807, 2.05) is 32.0 Å². The number of nitrogens with one attached hydrogen (secondary N) is 1. The molecule has 4 aromatic rings. The van der Waals surface area contributed by atoms with Gasteiger partial charge in [0.2, 0.25) is 0 Å². The van der Waals surface area contributed by atoms with Gasteiger partial charge in [-0.2, -0.15) is 0 Å². The first kappa shape index (κ1) is 16.8. The van der Waals surface area contributed by atoms with Gasteiger partial charge in [-0.15, -0.1) is 5.10 Å². The largest absolute Gasteiger partial charge is 0.497 e. The van der Waals surface area contributed by atoms with Crippen molar-refractivity contribution in [1.29, 1.82) is 0 Å². The number of amides is 1. The lowest BCUT2D eigenvalue weighted by atomic mass is 10.1. The Hall–Kier alpha value is -3.68. The summed E-state index contributed by atoms with van der Waals surface area (Å²) in [6, 6.07) is 10.9. The molecule has 2 heterocycles. The van der Waals surface area contributed by atoms with Gasteiger partial charge in [-0.25, -0.2) is 4.68 Å². The molecule has 8 nitrogen and oxygen atoms in total. The van der Waals surface area contributed by atoms with Crippen LogP contribution in [0.1, 0.15) is 21.7 Å². The molecule has 0 saturated carbocycles. The molecule has 0 spiro atoms. The second kappa shape index (κ2) is 6.56. The van der Waals surface area contributed by atoms with Crippen LogP contribution in [-0.4, -0.2) is 33.2 Å². The summed E-state index contributed by atoms with van der Waals surface area (Å²) in [5.41, 5.74) is 3.83. The molecule has 0 aliphatic heterocycles. The van der Waals surface area contributed by atoms with Crippen molar-refractivity contribution in [2.24, 2.45) is 0 Å². The van der Waals surface area contributed by atoms with Crippen molar-refractivity contribution in [2.75, 3.05) is 12.4 Å². The van der Waals surface area contributed by atoms with E-state index in [-0.39, 0.29) is 11.7 Å². The van der Waals surface area contributed by atoms with E-state index in [1.165, 1.54) is 6.33 Å². The highest BCUT2D eigenvalue weighted by molar-refractivity contribution is 6.06.